The van der Waals surface area contributed by atoms with Crippen molar-refractivity contribution in [2.75, 3.05) is 7.05 Å². The number of nitrogens with zero attached hydrogens (tertiary/aromatic N) is 2. The smallest absolute Gasteiger partial charge is 0.253 e. The molecule has 0 fully saturated rings. The van der Waals surface area contributed by atoms with Crippen molar-refractivity contribution in [3.05, 3.63) is 24.2 Å². The molecule has 13 heavy (non-hydrogen) atoms. The van der Waals surface area contributed by atoms with Gasteiger partial charge in [-0.2, -0.15) is 0 Å². The van der Waals surface area contributed by atoms with E-state index in [0.717, 1.165) is 18.7 Å². The predicted molar refractivity (Wildman–Crippen MR) is 50.5 cm³/mol. The zero-order valence-electron chi connectivity index (χ0n) is 8.03. The largest absolute Gasteiger partial charge is 0.337 e. The second-order valence-electron chi connectivity index (χ2n) is 3.62. The molecule has 0 aromatic heterocycles. The lowest BCUT2D eigenvalue weighted by Gasteiger charge is -2.39. The van der Waals surface area contributed by atoms with Crippen LogP contribution in [0.1, 0.15) is 19.8 Å². The van der Waals surface area contributed by atoms with Crippen LogP contribution in [0.25, 0.3) is 0 Å². The van der Waals surface area contributed by atoms with Gasteiger partial charge in [0.1, 0.15) is 5.82 Å². The lowest BCUT2D eigenvalue weighted by Crippen LogP contribution is -2.45. The van der Waals surface area contributed by atoms with Crippen LogP contribution in [0.5, 0.6) is 0 Å². The Morgan fingerprint density at radius 1 is 1.54 bits per heavy atom. The Kier molecular flexibility index (Phi) is 1.87. The molecule has 0 bridgehead atoms. The maximum absolute atomic E-state index is 11.6. The number of rotatable bonds is 0. The molecular weight excluding hydrogens is 164 g/mol. The molecule has 0 radical (unpaired) electrons. The molecule has 70 valence electrons. The van der Waals surface area contributed by atoms with Crippen LogP contribution in [0.4, 0.5) is 0 Å². The topological polar surface area (TPSA) is 23.6 Å². The molecule has 0 saturated carbocycles. The maximum atomic E-state index is 11.6. The van der Waals surface area contributed by atoms with Gasteiger partial charge in [-0.3, -0.25) is 9.69 Å². The molecule has 2 aliphatic heterocycles. The number of amides is 1. The third-order valence-corrected chi connectivity index (χ3v) is 2.64. The second-order valence-corrected chi connectivity index (χ2v) is 3.62. The number of carbonyl (C=O) groups excluding carboxylic acids is 1. The minimum atomic E-state index is 0.108. The molecule has 0 N–H and O–H groups in total. The molecule has 2 rings (SSSR count). The Bertz CT molecular complexity index is 293. The van der Waals surface area contributed by atoms with Gasteiger partial charge in [-0.05, 0) is 25.8 Å². The number of hydrogen-bond donors (Lipinski definition) is 0. The highest BCUT2D eigenvalue weighted by atomic mass is 16.2. The van der Waals surface area contributed by atoms with Crippen molar-refractivity contribution in [2.45, 2.75) is 25.8 Å². The van der Waals surface area contributed by atoms with Gasteiger partial charge in [0, 0.05) is 25.4 Å². The van der Waals surface area contributed by atoms with Gasteiger partial charge >= 0.3 is 0 Å². The highest BCUT2D eigenvalue weighted by Gasteiger charge is 2.29. The molecule has 0 unspecified atom stereocenters. The van der Waals surface area contributed by atoms with Gasteiger partial charge in [0.05, 0.1) is 0 Å². The van der Waals surface area contributed by atoms with E-state index in [0.29, 0.717) is 6.04 Å². The van der Waals surface area contributed by atoms with E-state index in [1.165, 1.54) is 0 Å². The Labute approximate surface area is 78.3 Å². The monoisotopic (exact) mass is 178 g/mol. The van der Waals surface area contributed by atoms with Crippen LogP contribution in [0, 0.1) is 0 Å². The van der Waals surface area contributed by atoms with Crippen LogP contribution in [-0.4, -0.2) is 28.8 Å². The summed E-state index contributed by atoms with van der Waals surface area (Å²) in [5.41, 5.74) is 0. The molecule has 3 nitrogen and oxygen atoms in total. The van der Waals surface area contributed by atoms with Crippen LogP contribution in [0.3, 0.4) is 0 Å². The van der Waals surface area contributed by atoms with E-state index in [2.05, 4.69) is 13.0 Å². The van der Waals surface area contributed by atoms with Gasteiger partial charge in [-0.25, -0.2) is 0 Å². The zero-order valence-corrected chi connectivity index (χ0v) is 8.03. The first-order chi connectivity index (χ1) is 6.20. The highest BCUT2D eigenvalue weighted by molar-refractivity contribution is 5.90. The number of carbonyl (C=O) groups is 1. The average Bonchev–Trinajstić information content (AvgIpc) is 2.12. The number of hydrogen-bond acceptors (Lipinski definition) is 2. The van der Waals surface area contributed by atoms with Gasteiger partial charge in [0.2, 0.25) is 0 Å². The summed E-state index contributed by atoms with van der Waals surface area (Å²) < 4.78 is 0. The van der Waals surface area contributed by atoms with E-state index in [1.807, 2.05) is 23.0 Å². The van der Waals surface area contributed by atoms with E-state index < -0.39 is 0 Å². The summed E-state index contributed by atoms with van der Waals surface area (Å²) in [5, 5.41) is 0. The number of allylic oxidation sites excluding steroid dienone is 1. The third kappa shape index (κ3) is 1.24. The molecular formula is C10H14N2O. The van der Waals surface area contributed by atoms with Crippen molar-refractivity contribution >= 4 is 5.91 Å². The fourth-order valence-electron chi connectivity index (χ4n) is 1.88. The molecule has 1 atom stereocenters. The van der Waals surface area contributed by atoms with Gasteiger partial charge in [0.25, 0.3) is 5.91 Å². The summed E-state index contributed by atoms with van der Waals surface area (Å²) in [6, 6.07) is 0.333. The summed E-state index contributed by atoms with van der Waals surface area (Å²) in [4.78, 5) is 15.4. The Hall–Kier alpha value is -1.25. The van der Waals surface area contributed by atoms with Crippen molar-refractivity contribution in [1.29, 1.82) is 0 Å². The summed E-state index contributed by atoms with van der Waals surface area (Å²) >= 11 is 0. The van der Waals surface area contributed by atoms with Crippen LogP contribution in [-0.2, 0) is 4.79 Å². The highest BCUT2D eigenvalue weighted by Crippen LogP contribution is 2.26. The van der Waals surface area contributed by atoms with E-state index in [-0.39, 0.29) is 5.91 Å². The van der Waals surface area contributed by atoms with Crippen molar-refractivity contribution < 1.29 is 4.79 Å². The first-order valence-electron chi connectivity index (χ1n) is 4.64. The maximum Gasteiger partial charge on any atom is 0.253 e. The molecule has 0 saturated heterocycles. The van der Waals surface area contributed by atoms with Gasteiger partial charge in [0.15, 0.2) is 0 Å². The summed E-state index contributed by atoms with van der Waals surface area (Å²) in [6.45, 7) is 2.10. The standard InChI is InChI=1S/C10H14N2O/c1-8-4-3-5-9-11(2)7-6-10(13)12(8)9/h5-8H,3-4H2,1-2H3/t8-/m1/s1. The Balaban J connectivity index is 2.38. The van der Waals surface area contributed by atoms with Gasteiger partial charge < -0.3 is 4.90 Å². The molecule has 1 amide bonds. The lowest BCUT2D eigenvalue weighted by molar-refractivity contribution is -0.128. The second kappa shape index (κ2) is 2.91. The van der Waals surface area contributed by atoms with Crippen LogP contribution in [0.15, 0.2) is 24.2 Å². The SMILES string of the molecule is C[C@@H]1CCC=C2N(C)C=CC(=O)N21. The van der Waals surface area contributed by atoms with Crippen molar-refractivity contribution in [3.8, 4) is 0 Å². The summed E-state index contributed by atoms with van der Waals surface area (Å²) in [6.07, 6.45) is 7.71. The van der Waals surface area contributed by atoms with Crippen LogP contribution >= 0.6 is 0 Å². The van der Waals surface area contributed by atoms with Gasteiger partial charge in [-0.15, -0.1) is 0 Å². The summed E-state index contributed by atoms with van der Waals surface area (Å²) in [5.74, 6) is 1.14. The third-order valence-electron chi connectivity index (χ3n) is 2.64. The summed E-state index contributed by atoms with van der Waals surface area (Å²) in [7, 11) is 1.97. The first kappa shape index (κ1) is 8.35. The molecule has 3 heteroatoms. The fourth-order valence-corrected chi connectivity index (χ4v) is 1.88. The lowest BCUT2D eigenvalue weighted by atomic mass is 10.1. The molecule has 0 aromatic carbocycles. The quantitative estimate of drug-likeness (QED) is 0.558. The zero-order chi connectivity index (χ0) is 9.42. The molecule has 0 spiro atoms. The normalized spacial score (nSPS) is 27.4. The Morgan fingerprint density at radius 2 is 2.31 bits per heavy atom. The average molecular weight is 178 g/mol. The molecule has 0 aromatic rings. The van der Waals surface area contributed by atoms with Crippen molar-refractivity contribution in [1.82, 2.24) is 9.80 Å². The van der Waals surface area contributed by atoms with Crippen LogP contribution in [0.2, 0.25) is 0 Å². The molecule has 2 heterocycles. The fraction of sp³-hybridized carbons (Fsp3) is 0.500. The van der Waals surface area contributed by atoms with E-state index >= 15 is 0 Å². The number of fused-ring (bicyclic) bond motifs is 1. The van der Waals surface area contributed by atoms with Gasteiger partial charge in [-0.1, -0.05) is 0 Å². The first-order valence-corrected chi connectivity index (χ1v) is 4.64. The molecule has 0 aliphatic carbocycles. The Morgan fingerprint density at radius 3 is 3.00 bits per heavy atom. The van der Waals surface area contributed by atoms with E-state index in [1.54, 1.807) is 6.08 Å². The van der Waals surface area contributed by atoms with Crippen LogP contribution < -0.4 is 0 Å². The minimum absolute atomic E-state index is 0.108. The van der Waals surface area contributed by atoms with Crippen molar-refractivity contribution in [3.63, 3.8) is 0 Å². The minimum Gasteiger partial charge on any atom is -0.337 e. The predicted octanol–water partition coefficient (Wildman–Crippen LogP) is 1.30. The van der Waals surface area contributed by atoms with Crippen molar-refractivity contribution in [2.24, 2.45) is 0 Å². The molecule has 2 aliphatic rings. The van der Waals surface area contributed by atoms with E-state index in [9.17, 15) is 4.79 Å². The van der Waals surface area contributed by atoms with E-state index in [4.69, 9.17) is 0 Å².